The molecule has 0 aliphatic carbocycles. The zero-order chi connectivity index (χ0) is 26.5. The summed E-state index contributed by atoms with van der Waals surface area (Å²) in [6.45, 7) is -5.18. The van der Waals surface area contributed by atoms with E-state index < -0.39 is 77.1 Å². The average Bonchev–Trinajstić information content (AvgIpc) is 2.68. The number of urea groups is 1. The first kappa shape index (κ1) is 27.9. The molecule has 0 atom stereocenters. The summed E-state index contributed by atoms with van der Waals surface area (Å²) in [6, 6.07) is -2.47. The van der Waals surface area contributed by atoms with Crippen LogP contribution < -0.4 is 11.2 Å². The molecular weight excluding hydrogens is 489 g/mol. The molecule has 0 heterocycles. The van der Waals surface area contributed by atoms with Crippen LogP contribution in [-0.2, 0) is 0 Å². The van der Waals surface area contributed by atoms with Crippen molar-refractivity contribution in [3.05, 3.63) is 60.7 Å². The second-order valence-electron chi connectivity index (χ2n) is 5.34. The third-order valence-corrected chi connectivity index (χ3v) is 3.27. The highest BCUT2D eigenvalue weighted by Gasteiger charge is 2.66. The minimum atomic E-state index is -4.97. The summed E-state index contributed by atoms with van der Waals surface area (Å²) in [6.07, 6.45) is 0. The summed E-state index contributed by atoms with van der Waals surface area (Å²) in [5, 5.41) is 65.7. The number of carbonyl (C=O) groups is 1. The van der Waals surface area contributed by atoms with Gasteiger partial charge in [-0.1, -0.05) is 13.2 Å². The van der Waals surface area contributed by atoms with Crippen LogP contribution in [0.5, 0.6) is 0 Å². The Morgan fingerprint density at radius 3 is 1.30 bits per heavy atom. The topological polar surface area (TPSA) is 330 Å². The molecule has 0 bridgehead atoms. The highest BCUT2D eigenvalue weighted by atomic mass is 19.2. The zero-order valence-corrected chi connectivity index (χ0v) is 15.0. The maximum atomic E-state index is 14.0. The standard InChI is InChI=1S/C7H7F3N10O13/c8-5(15(22)23,16(24)25)1-14(2-6(9,17(26)27)18(28)29)4(21)13-12-3(11)7(10,19(30)31)20(32)33/h1-2H2,(H2,11,12)(H,13,21). The molecular formula is C7H7F3N10O13. The molecule has 0 aliphatic rings. The molecule has 0 fully saturated rings. The highest BCUT2D eigenvalue weighted by Crippen LogP contribution is 2.21. The Morgan fingerprint density at radius 1 is 0.758 bits per heavy atom. The van der Waals surface area contributed by atoms with Crippen LogP contribution in [0.4, 0.5) is 18.0 Å². The number of nitrogens with zero attached hydrogens (tertiary/aromatic N) is 8. The molecule has 0 rings (SSSR count). The van der Waals surface area contributed by atoms with E-state index in [2.05, 4.69) is 10.8 Å². The lowest BCUT2D eigenvalue weighted by Crippen LogP contribution is -2.60. The molecule has 33 heavy (non-hydrogen) atoms. The Kier molecular flexibility index (Phi) is 7.94. The number of carbonyl (C=O) groups excluding carboxylic acids is 1. The molecule has 0 saturated carbocycles. The van der Waals surface area contributed by atoms with E-state index in [1.54, 1.807) is 0 Å². The average molecular weight is 496 g/mol. The number of amidine groups is 1. The summed E-state index contributed by atoms with van der Waals surface area (Å²) >= 11 is 0. The van der Waals surface area contributed by atoms with Crippen molar-refractivity contribution in [2.24, 2.45) is 10.8 Å². The first-order valence-corrected chi connectivity index (χ1v) is 7.10. The van der Waals surface area contributed by atoms with Crippen LogP contribution in [0.25, 0.3) is 0 Å². The van der Waals surface area contributed by atoms with Crippen LogP contribution in [0.2, 0.25) is 0 Å². The van der Waals surface area contributed by atoms with Gasteiger partial charge in [0.1, 0.15) is 29.5 Å². The molecule has 23 nitrogen and oxygen atoms in total. The molecule has 26 heteroatoms. The van der Waals surface area contributed by atoms with Gasteiger partial charge in [0.05, 0.1) is 0 Å². The maximum Gasteiger partial charge on any atom is 0.677 e. The van der Waals surface area contributed by atoms with Crippen LogP contribution in [0, 0.1) is 60.7 Å². The molecule has 0 unspecified atom stereocenters. The van der Waals surface area contributed by atoms with Crippen LogP contribution >= 0.6 is 0 Å². The Bertz CT molecular complexity index is 858. The summed E-state index contributed by atoms with van der Waals surface area (Å²) in [5.41, 5.74) is 5.40. The second-order valence-corrected chi connectivity index (χ2v) is 5.34. The van der Waals surface area contributed by atoms with Gasteiger partial charge in [0.25, 0.3) is 0 Å². The van der Waals surface area contributed by atoms with Crippen LogP contribution in [0.1, 0.15) is 0 Å². The van der Waals surface area contributed by atoms with Crippen molar-refractivity contribution in [1.82, 2.24) is 10.3 Å². The van der Waals surface area contributed by atoms with Crippen molar-refractivity contribution in [2.75, 3.05) is 13.1 Å². The SMILES string of the molecule is NC(=NNC(=O)N(CC(F)([N+](=O)[O-])[N+](=O)[O-])CC(F)([N+](=O)[O-])[N+](=O)[O-])C(F)([N+](=O)[O-])[N+](=O)[O-]. The van der Waals surface area contributed by atoms with Crippen molar-refractivity contribution in [1.29, 1.82) is 0 Å². The number of nitro groups is 6. The second kappa shape index (κ2) is 9.38. The Morgan fingerprint density at radius 2 is 1.06 bits per heavy atom. The van der Waals surface area contributed by atoms with Crippen molar-refractivity contribution < 1.29 is 47.5 Å². The van der Waals surface area contributed by atoms with Gasteiger partial charge in [0.15, 0.2) is 0 Å². The van der Waals surface area contributed by atoms with Gasteiger partial charge in [-0.2, -0.15) is 0 Å². The van der Waals surface area contributed by atoms with Gasteiger partial charge in [-0.3, -0.25) is 65.6 Å². The number of halogens is 3. The monoisotopic (exact) mass is 496 g/mol. The van der Waals surface area contributed by atoms with Crippen molar-refractivity contribution in [3.63, 3.8) is 0 Å². The van der Waals surface area contributed by atoms with E-state index in [4.69, 9.17) is 0 Å². The van der Waals surface area contributed by atoms with Gasteiger partial charge in [0.2, 0.25) is 13.1 Å². The molecule has 184 valence electrons. The molecule has 0 radical (unpaired) electrons. The Hall–Kier alpha value is -5.07. The number of rotatable bonds is 12. The van der Waals surface area contributed by atoms with E-state index in [1.807, 2.05) is 0 Å². The lowest BCUT2D eigenvalue weighted by Gasteiger charge is -2.22. The molecule has 0 aromatic heterocycles. The zero-order valence-electron chi connectivity index (χ0n) is 15.0. The molecule has 3 N–H and O–H groups in total. The predicted octanol–water partition coefficient (Wildman–Crippen LogP) is -2.20. The van der Waals surface area contributed by atoms with Crippen LogP contribution in [0.3, 0.4) is 0 Å². The molecule has 0 aliphatic heterocycles. The molecule has 0 spiro atoms. The molecule has 2 amide bonds. The van der Waals surface area contributed by atoms with E-state index in [0.29, 0.717) is 0 Å². The van der Waals surface area contributed by atoms with Gasteiger partial charge >= 0.3 is 29.6 Å². The fourth-order valence-electron chi connectivity index (χ4n) is 1.55. The van der Waals surface area contributed by atoms with Crippen LogP contribution in [0.15, 0.2) is 5.10 Å². The van der Waals surface area contributed by atoms with Crippen molar-refractivity contribution >= 4 is 11.9 Å². The smallest absolute Gasteiger partial charge is 0.370 e. The lowest BCUT2D eigenvalue weighted by molar-refractivity contribution is -0.837. The summed E-state index contributed by atoms with van der Waals surface area (Å²) in [4.78, 5) is 60.4. The third kappa shape index (κ3) is 5.35. The van der Waals surface area contributed by atoms with E-state index in [0.717, 1.165) is 5.43 Å². The number of hydrogen-bond acceptors (Lipinski definition) is 14. The number of nitrogens with two attached hydrogens (primary N) is 1. The van der Waals surface area contributed by atoms with E-state index in [1.165, 1.54) is 0 Å². The fourth-order valence-corrected chi connectivity index (χ4v) is 1.55. The first-order valence-electron chi connectivity index (χ1n) is 7.10. The number of amides is 2. The minimum Gasteiger partial charge on any atom is -0.370 e. The fraction of sp³-hybridized carbons (Fsp3) is 0.714. The quantitative estimate of drug-likeness (QED) is 0.0723. The minimum absolute atomic E-state index is 0.776. The molecule has 0 aromatic carbocycles. The van der Waals surface area contributed by atoms with E-state index in [-0.39, 0.29) is 0 Å². The summed E-state index contributed by atoms with van der Waals surface area (Å²) in [5.74, 6) is -17.1. The first-order chi connectivity index (χ1) is 14.8. The van der Waals surface area contributed by atoms with Gasteiger partial charge < -0.3 is 5.73 Å². The molecule has 0 saturated heterocycles. The Balaban J connectivity index is 6.37. The predicted molar refractivity (Wildman–Crippen MR) is 85.2 cm³/mol. The highest BCUT2D eigenvalue weighted by molar-refractivity contribution is 5.87. The Labute approximate surface area is 173 Å². The van der Waals surface area contributed by atoms with Gasteiger partial charge in [-0.25, -0.2) is 10.2 Å². The van der Waals surface area contributed by atoms with Crippen LogP contribution in [-0.4, -0.2) is 77.1 Å². The van der Waals surface area contributed by atoms with Gasteiger partial charge in [-0.15, -0.1) is 5.10 Å². The lowest BCUT2D eigenvalue weighted by atomic mass is 10.3. The van der Waals surface area contributed by atoms with Gasteiger partial charge in [0, 0.05) is 0 Å². The van der Waals surface area contributed by atoms with E-state index >= 15 is 0 Å². The molecule has 0 aromatic rings. The van der Waals surface area contributed by atoms with Crippen molar-refractivity contribution in [2.45, 2.75) is 17.7 Å². The third-order valence-electron chi connectivity index (χ3n) is 3.27. The maximum absolute atomic E-state index is 14.0. The summed E-state index contributed by atoms with van der Waals surface area (Å²) < 4.78 is 41.8. The van der Waals surface area contributed by atoms with E-state index in [9.17, 15) is 78.7 Å². The number of hydrazone groups is 1. The summed E-state index contributed by atoms with van der Waals surface area (Å²) in [7, 11) is 0. The largest absolute Gasteiger partial charge is 0.677 e. The number of alkyl halides is 3. The number of nitrogens with one attached hydrogen (secondary N) is 1. The van der Waals surface area contributed by atoms with Crippen molar-refractivity contribution in [3.8, 4) is 0 Å². The number of hydrogen-bond donors (Lipinski definition) is 2. The van der Waals surface area contributed by atoms with Gasteiger partial charge in [-0.05, 0) is 0 Å². The normalized spacial score (nSPS) is 12.4.